The highest BCUT2D eigenvalue weighted by Crippen LogP contribution is 2.46. The van der Waals surface area contributed by atoms with E-state index in [4.69, 9.17) is 9.84 Å². The van der Waals surface area contributed by atoms with E-state index in [2.05, 4.69) is 12.2 Å². The number of aromatic nitrogens is 2. The van der Waals surface area contributed by atoms with Gasteiger partial charge in [0.1, 0.15) is 23.4 Å². The van der Waals surface area contributed by atoms with Gasteiger partial charge in [-0.25, -0.2) is 9.07 Å². The van der Waals surface area contributed by atoms with Gasteiger partial charge >= 0.3 is 0 Å². The van der Waals surface area contributed by atoms with Gasteiger partial charge in [-0.3, -0.25) is 4.79 Å². The average Bonchev–Trinajstić information content (AvgIpc) is 3.08. The SMILES string of the molecule is COc1cccc([C@@H]2C3=C(C[C@H](C)CC3=O)Nc3c(-c4ccc(F)cc4)c(C)nn32)c1. The molecule has 1 aliphatic carbocycles. The highest BCUT2D eigenvalue weighted by atomic mass is 19.1. The molecule has 0 bridgehead atoms. The molecule has 0 unspecified atom stereocenters. The number of ether oxygens (including phenoxy) is 1. The summed E-state index contributed by atoms with van der Waals surface area (Å²) in [5.41, 5.74) is 5.30. The quantitative estimate of drug-likeness (QED) is 0.630. The van der Waals surface area contributed by atoms with E-state index in [9.17, 15) is 9.18 Å². The lowest BCUT2D eigenvalue weighted by molar-refractivity contribution is -0.117. The van der Waals surface area contributed by atoms with E-state index in [1.807, 2.05) is 35.9 Å². The van der Waals surface area contributed by atoms with Crippen LogP contribution in [-0.2, 0) is 4.79 Å². The molecule has 0 spiro atoms. The smallest absolute Gasteiger partial charge is 0.163 e. The lowest BCUT2D eigenvalue weighted by atomic mass is 9.81. The molecule has 2 aromatic carbocycles. The lowest BCUT2D eigenvalue weighted by Crippen LogP contribution is -2.33. The Morgan fingerprint density at radius 2 is 1.94 bits per heavy atom. The molecular weight excluding hydrogens is 393 g/mol. The molecular formula is C25H24FN3O2. The molecule has 1 aliphatic heterocycles. The van der Waals surface area contributed by atoms with Crippen molar-refractivity contribution in [3.05, 3.63) is 76.9 Å². The number of rotatable bonds is 3. The monoisotopic (exact) mass is 417 g/mol. The van der Waals surface area contributed by atoms with Crippen LogP contribution in [0.25, 0.3) is 11.1 Å². The molecule has 0 amide bonds. The number of benzene rings is 2. The molecule has 6 heteroatoms. The molecule has 0 radical (unpaired) electrons. The van der Waals surface area contributed by atoms with Crippen LogP contribution in [0.3, 0.4) is 0 Å². The van der Waals surface area contributed by atoms with Crippen LogP contribution in [0, 0.1) is 18.7 Å². The molecule has 31 heavy (non-hydrogen) atoms. The summed E-state index contributed by atoms with van der Waals surface area (Å²) in [6, 6.07) is 13.9. The van der Waals surface area contributed by atoms with Crippen LogP contribution in [0.5, 0.6) is 5.75 Å². The summed E-state index contributed by atoms with van der Waals surface area (Å²) in [7, 11) is 1.63. The minimum Gasteiger partial charge on any atom is -0.497 e. The third kappa shape index (κ3) is 3.23. The molecule has 1 aromatic heterocycles. The second-order valence-corrected chi connectivity index (χ2v) is 8.39. The van der Waals surface area contributed by atoms with Gasteiger partial charge in [0.05, 0.1) is 12.8 Å². The maximum atomic E-state index is 13.5. The normalized spacial score (nSPS) is 20.2. The topological polar surface area (TPSA) is 56.1 Å². The Morgan fingerprint density at radius 3 is 2.68 bits per heavy atom. The van der Waals surface area contributed by atoms with Gasteiger partial charge in [0.2, 0.25) is 0 Å². The van der Waals surface area contributed by atoms with Gasteiger partial charge in [-0.15, -0.1) is 0 Å². The van der Waals surface area contributed by atoms with Crippen molar-refractivity contribution < 1.29 is 13.9 Å². The molecule has 2 heterocycles. The number of fused-ring (bicyclic) bond motifs is 1. The number of nitrogens with one attached hydrogen (secondary N) is 1. The number of anilines is 1. The fourth-order valence-electron chi connectivity index (χ4n) is 4.76. The molecule has 1 N–H and O–H groups in total. The van der Waals surface area contributed by atoms with Gasteiger partial charge in [0.25, 0.3) is 0 Å². The molecule has 2 aliphatic rings. The van der Waals surface area contributed by atoms with E-state index in [1.54, 1.807) is 19.2 Å². The molecule has 158 valence electrons. The minimum atomic E-state index is -0.339. The first-order valence-electron chi connectivity index (χ1n) is 10.5. The van der Waals surface area contributed by atoms with E-state index in [-0.39, 0.29) is 23.6 Å². The lowest BCUT2D eigenvalue weighted by Gasteiger charge is -2.35. The first-order valence-corrected chi connectivity index (χ1v) is 10.5. The maximum absolute atomic E-state index is 13.5. The number of Topliss-reactive ketones (excluding diaryl/α,β-unsaturated/α-hetero) is 1. The summed E-state index contributed by atoms with van der Waals surface area (Å²) in [5.74, 6) is 1.71. The zero-order valence-corrected chi connectivity index (χ0v) is 17.8. The number of ketones is 1. The van der Waals surface area contributed by atoms with Gasteiger partial charge in [0.15, 0.2) is 5.78 Å². The standard InChI is InChI=1S/C25H24FN3O2/c1-14-11-20-23(21(30)12-14)24(17-5-4-6-19(13-17)31-3)29-25(27-20)22(15(2)28-29)16-7-9-18(26)10-8-16/h4-10,13-14,24,27H,11-12H2,1-3H3/t14-,24+/m0/s1. The Hall–Kier alpha value is -3.41. The Bertz CT molecular complexity index is 1210. The predicted octanol–water partition coefficient (Wildman–Crippen LogP) is 5.27. The molecule has 2 atom stereocenters. The number of carbonyl (C=O) groups excluding carboxylic acids is 1. The number of halogens is 1. The van der Waals surface area contributed by atoms with Crippen molar-refractivity contribution >= 4 is 11.6 Å². The molecule has 0 saturated heterocycles. The van der Waals surface area contributed by atoms with Crippen molar-refractivity contribution in [1.82, 2.24) is 9.78 Å². The largest absolute Gasteiger partial charge is 0.497 e. The third-order valence-electron chi connectivity index (χ3n) is 6.13. The summed E-state index contributed by atoms with van der Waals surface area (Å²) >= 11 is 0. The van der Waals surface area contributed by atoms with Gasteiger partial charge in [-0.1, -0.05) is 31.2 Å². The average molecular weight is 417 g/mol. The van der Waals surface area contributed by atoms with E-state index in [1.165, 1.54) is 12.1 Å². The number of hydrogen-bond donors (Lipinski definition) is 1. The van der Waals surface area contributed by atoms with Crippen LogP contribution in [0.4, 0.5) is 10.2 Å². The van der Waals surface area contributed by atoms with E-state index in [0.717, 1.165) is 51.6 Å². The third-order valence-corrected chi connectivity index (χ3v) is 6.13. The highest BCUT2D eigenvalue weighted by molar-refractivity contribution is 6.00. The van der Waals surface area contributed by atoms with Crippen LogP contribution < -0.4 is 10.1 Å². The summed E-state index contributed by atoms with van der Waals surface area (Å²) < 4.78 is 20.9. The van der Waals surface area contributed by atoms with Gasteiger partial charge in [0, 0.05) is 23.3 Å². The van der Waals surface area contributed by atoms with Crippen LogP contribution in [0.1, 0.15) is 37.1 Å². The van der Waals surface area contributed by atoms with Crippen molar-refractivity contribution in [2.45, 2.75) is 32.7 Å². The fraction of sp³-hybridized carbons (Fsp3) is 0.280. The van der Waals surface area contributed by atoms with Crippen molar-refractivity contribution in [3.8, 4) is 16.9 Å². The molecule has 5 rings (SSSR count). The van der Waals surface area contributed by atoms with E-state index < -0.39 is 0 Å². The summed E-state index contributed by atoms with van der Waals surface area (Å²) in [6.45, 7) is 4.04. The molecule has 0 saturated carbocycles. The second kappa shape index (κ2) is 7.38. The Balaban J connectivity index is 1.74. The number of methoxy groups -OCH3 is 1. The molecule has 0 fully saturated rings. The van der Waals surface area contributed by atoms with Crippen LogP contribution in [-0.4, -0.2) is 22.7 Å². The van der Waals surface area contributed by atoms with Gasteiger partial charge < -0.3 is 10.1 Å². The molecule has 3 aromatic rings. The first kappa shape index (κ1) is 19.5. The van der Waals surface area contributed by atoms with Crippen LogP contribution >= 0.6 is 0 Å². The van der Waals surface area contributed by atoms with Crippen LogP contribution in [0.2, 0.25) is 0 Å². The summed E-state index contributed by atoms with van der Waals surface area (Å²) in [4.78, 5) is 13.2. The predicted molar refractivity (Wildman–Crippen MR) is 118 cm³/mol. The zero-order valence-electron chi connectivity index (χ0n) is 17.8. The highest BCUT2D eigenvalue weighted by Gasteiger charge is 2.39. The van der Waals surface area contributed by atoms with Crippen molar-refractivity contribution in [3.63, 3.8) is 0 Å². The number of carbonyl (C=O) groups is 1. The number of nitrogens with zero attached hydrogens (tertiary/aromatic N) is 2. The number of aryl methyl sites for hydroxylation is 1. The fourth-order valence-corrected chi connectivity index (χ4v) is 4.76. The Morgan fingerprint density at radius 1 is 1.16 bits per heavy atom. The number of hydrogen-bond acceptors (Lipinski definition) is 4. The van der Waals surface area contributed by atoms with Crippen molar-refractivity contribution in [1.29, 1.82) is 0 Å². The first-order chi connectivity index (χ1) is 15.0. The Kier molecular flexibility index (Phi) is 4.65. The molecule has 5 nitrogen and oxygen atoms in total. The van der Waals surface area contributed by atoms with Gasteiger partial charge in [-0.05, 0) is 54.7 Å². The van der Waals surface area contributed by atoms with Crippen molar-refractivity contribution in [2.24, 2.45) is 5.92 Å². The van der Waals surface area contributed by atoms with Gasteiger partial charge in [-0.2, -0.15) is 5.10 Å². The summed E-state index contributed by atoms with van der Waals surface area (Å²) in [5, 5.41) is 8.37. The minimum absolute atomic E-state index is 0.149. The number of allylic oxidation sites excluding steroid dienone is 2. The maximum Gasteiger partial charge on any atom is 0.163 e. The second-order valence-electron chi connectivity index (χ2n) is 8.39. The van der Waals surface area contributed by atoms with Crippen LogP contribution in [0.15, 0.2) is 59.8 Å². The van der Waals surface area contributed by atoms with E-state index >= 15 is 0 Å². The Labute approximate surface area is 180 Å². The van der Waals surface area contributed by atoms with Crippen molar-refractivity contribution in [2.75, 3.05) is 12.4 Å². The van der Waals surface area contributed by atoms with E-state index in [0.29, 0.717) is 6.42 Å². The summed E-state index contributed by atoms with van der Waals surface area (Å²) in [6.07, 6.45) is 1.33. The zero-order chi connectivity index (χ0) is 21.7.